The Labute approximate surface area is 121 Å². The lowest BCUT2D eigenvalue weighted by molar-refractivity contribution is -0.122. The van der Waals surface area contributed by atoms with E-state index in [1.165, 1.54) is 11.8 Å². The zero-order valence-corrected chi connectivity index (χ0v) is 12.7. The Hall–Kier alpha value is -1.62. The molecule has 4 nitrogen and oxygen atoms in total. The lowest BCUT2D eigenvalue weighted by atomic mass is 10.2. The molecular weight excluding hydrogens is 308 g/mol. The molecule has 0 spiro atoms. The number of rotatable bonds is 5. The molecule has 0 unspecified atom stereocenters. The van der Waals surface area contributed by atoms with Crippen molar-refractivity contribution in [3.8, 4) is 0 Å². The summed E-state index contributed by atoms with van der Waals surface area (Å²) in [6, 6.07) is 5.55. The number of anilines is 1. The summed E-state index contributed by atoms with van der Waals surface area (Å²) < 4.78 is 0.905. The smallest absolute Gasteiger partial charge is 0.240 e. The molecule has 0 heterocycles. The van der Waals surface area contributed by atoms with E-state index in [9.17, 15) is 9.59 Å². The van der Waals surface area contributed by atoms with Crippen molar-refractivity contribution in [2.45, 2.75) is 13.8 Å². The van der Waals surface area contributed by atoms with Crippen molar-refractivity contribution >= 4 is 33.4 Å². The summed E-state index contributed by atoms with van der Waals surface area (Å²) in [6.45, 7) is 7.31. The molecule has 0 radical (unpaired) electrons. The number of carbonyl (C=O) groups excluding carboxylic acids is 2. The number of amides is 2. The summed E-state index contributed by atoms with van der Waals surface area (Å²) in [5.74, 6) is -0.392. The Morgan fingerprint density at radius 2 is 2.16 bits per heavy atom. The first-order valence-corrected chi connectivity index (χ1v) is 6.67. The van der Waals surface area contributed by atoms with Gasteiger partial charge >= 0.3 is 0 Å². The Morgan fingerprint density at radius 3 is 2.68 bits per heavy atom. The van der Waals surface area contributed by atoms with Gasteiger partial charge in [-0.25, -0.2) is 0 Å². The van der Waals surface area contributed by atoms with Crippen molar-refractivity contribution in [1.29, 1.82) is 0 Å². The maximum atomic E-state index is 11.7. The molecule has 0 bridgehead atoms. The minimum absolute atomic E-state index is 0.00132. The van der Waals surface area contributed by atoms with E-state index in [-0.39, 0.29) is 18.4 Å². The Kier molecular flexibility index (Phi) is 5.76. The van der Waals surface area contributed by atoms with Gasteiger partial charge in [-0.05, 0) is 24.6 Å². The molecule has 5 heteroatoms. The topological polar surface area (TPSA) is 49.4 Å². The van der Waals surface area contributed by atoms with Crippen LogP contribution in [0.4, 0.5) is 5.69 Å². The first-order valence-electron chi connectivity index (χ1n) is 5.87. The molecule has 0 saturated heterocycles. The molecule has 102 valence electrons. The SMILES string of the molecule is C=CCNC(=O)CN(C(C)=O)c1ccc(C)c(Br)c1. The second kappa shape index (κ2) is 7.09. The molecule has 0 aliphatic rings. The van der Waals surface area contributed by atoms with E-state index in [1.807, 2.05) is 25.1 Å². The first-order chi connectivity index (χ1) is 8.95. The average molecular weight is 325 g/mol. The summed E-state index contributed by atoms with van der Waals surface area (Å²) in [7, 11) is 0. The Balaban J connectivity index is 2.88. The number of nitrogens with zero attached hydrogens (tertiary/aromatic N) is 1. The standard InChI is InChI=1S/C14H17BrN2O2/c1-4-7-16-14(19)9-17(11(3)18)12-6-5-10(2)13(15)8-12/h4-6,8H,1,7,9H2,2-3H3,(H,16,19). The largest absolute Gasteiger partial charge is 0.351 e. The molecule has 0 aliphatic carbocycles. The van der Waals surface area contributed by atoms with E-state index >= 15 is 0 Å². The second-order valence-electron chi connectivity index (χ2n) is 4.13. The van der Waals surface area contributed by atoms with Gasteiger partial charge in [-0.2, -0.15) is 0 Å². The fourth-order valence-electron chi connectivity index (χ4n) is 1.52. The Bertz CT molecular complexity index is 500. The van der Waals surface area contributed by atoms with Crippen LogP contribution in [0.1, 0.15) is 12.5 Å². The van der Waals surface area contributed by atoms with Crippen LogP contribution in [-0.2, 0) is 9.59 Å². The fourth-order valence-corrected chi connectivity index (χ4v) is 1.89. The van der Waals surface area contributed by atoms with Gasteiger partial charge in [0.05, 0.1) is 0 Å². The number of halogens is 1. The zero-order chi connectivity index (χ0) is 14.4. The highest BCUT2D eigenvalue weighted by Gasteiger charge is 2.15. The summed E-state index contributed by atoms with van der Waals surface area (Å²) in [5, 5.41) is 2.65. The first kappa shape index (κ1) is 15.4. The molecule has 2 amide bonds. The van der Waals surface area contributed by atoms with Crippen LogP contribution in [0.2, 0.25) is 0 Å². The molecule has 1 N–H and O–H groups in total. The van der Waals surface area contributed by atoms with Crippen LogP contribution in [0, 0.1) is 6.92 Å². The average Bonchev–Trinajstić information content (AvgIpc) is 2.36. The summed E-state index contributed by atoms with van der Waals surface area (Å²) >= 11 is 3.42. The predicted octanol–water partition coefficient (Wildman–Crippen LogP) is 2.41. The van der Waals surface area contributed by atoms with Gasteiger partial charge in [0.1, 0.15) is 6.54 Å². The van der Waals surface area contributed by atoms with Gasteiger partial charge in [-0.3, -0.25) is 9.59 Å². The minimum atomic E-state index is -0.216. The molecular formula is C14H17BrN2O2. The zero-order valence-electron chi connectivity index (χ0n) is 11.1. The van der Waals surface area contributed by atoms with Crippen LogP contribution in [-0.4, -0.2) is 24.9 Å². The monoisotopic (exact) mass is 324 g/mol. The Morgan fingerprint density at radius 1 is 1.47 bits per heavy atom. The van der Waals surface area contributed by atoms with Crippen molar-refractivity contribution in [3.63, 3.8) is 0 Å². The number of nitrogens with one attached hydrogen (secondary N) is 1. The third kappa shape index (κ3) is 4.52. The van der Waals surface area contributed by atoms with E-state index in [1.54, 1.807) is 6.08 Å². The highest BCUT2D eigenvalue weighted by molar-refractivity contribution is 9.10. The van der Waals surface area contributed by atoms with Crippen LogP contribution in [0.3, 0.4) is 0 Å². The molecule has 1 aromatic rings. The number of benzene rings is 1. The van der Waals surface area contributed by atoms with Crippen molar-refractivity contribution < 1.29 is 9.59 Å². The second-order valence-corrected chi connectivity index (χ2v) is 4.99. The predicted molar refractivity (Wildman–Crippen MR) is 80.1 cm³/mol. The maximum Gasteiger partial charge on any atom is 0.240 e. The molecule has 0 saturated carbocycles. The normalized spacial score (nSPS) is 9.84. The summed E-state index contributed by atoms with van der Waals surface area (Å²) in [6.07, 6.45) is 1.60. The number of hydrogen-bond donors (Lipinski definition) is 1. The molecule has 0 fully saturated rings. The molecule has 1 aromatic carbocycles. The van der Waals surface area contributed by atoms with Crippen LogP contribution >= 0.6 is 15.9 Å². The van der Waals surface area contributed by atoms with Crippen molar-refractivity contribution in [1.82, 2.24) is 5.32 Å². The van der Waals surface area contributed by atoms with E-state index in [2.05, 4.69) is 27.8 Å². The van der Waals surface area contributed by atoms with Gasteiger partial charge in [0, 0.05) is 23.6 Å². The van der Waals surface area contributed by atoms with Crippen LogP contribution in [0.5, 0.6) is 0 Å². The highest BCUT2D eigenvalue weighted by atomic mass is 79.9. The number of hydrogen-bond acceptors (Lipinski definition) is 2. The highest BCUT2D eigenvalue weighted by Crippen LogP contribution is 2.23. The van der Waals surface area contributed by atoms with E-state index in [0.717, 1.165) is 10.0 Å². The van der Waals surface area contributed by atoms with Crippen LogP contribution in [0.25, 0.3) is 0 Å². The van der Waals surface area contributed by atoms with Crippen molar-refractivity contribution in [2.75, 3.05) is 18.0 Å². The third-order valence-corrected chi connectivity index (χ3v) is 3.45. The third-order valence-electron chi connectivity index (χ3n) is 2.59. The quantitative estimate of drug-likeness (QED) is 0.845. The molecule has 1 rings (SSSR count). The van der Waals surface area contributed by atoms with Crippen LogP contribution in [0.15, 0.2) is 35.3 Å². The van der Waals surface area contributed by atoms with Gasteiger partial charge in [-0.15, -0.1) is 6.58 Å². The lowest BCUT2D eigenvalue weighted by Crippen LogP contribution is -2.39. The van der Waals surface area contributed by atoms with E-state index in [0.29, 0.717) is 12.2 Å². The molecule has 0 aromatic heterocycles. The van der Waals surface area contributed by atoms with Gasteiger partial charge < -0.3 is 10.2 Å². The van der Waals surface area contributed by atoms with Crippen molar-refractivity contribution in [2.24, 2.45) is 0 Å². The lowest BCUT2D eigenvalue weighted by Gasteiger charge is -2.21. The summed E-state index contributed by atoms with van der Waals surface area (Å²) in [4.78, 5) is 24.8. The van der Waals surface area contributed by atoms with Gasteiger partial charge in [0.15, 0.2) is 0 Å². The maximum absolute atomic E-state index is 11.7. The molecule has 0 aliphatic heterocycles. The van der Waals surface area contributed by atoms with Gasteiger partial charge in [-0.1, -0.05) is 28.1 Å². The number of aryl methyl sites for hydroxylation is 1. The molecule has 0 atom stereocenters. The van der Waals surface area contributed by atoms with Crippen molar-refractivity contribution in [3.05, 3.63) is 40.9 Å². The van der Waals surface area contributed by atoms with Gasteiger partial charge in [0.25, 0.3) is 0 Å². The molecule has 19 heavy (non-hydrogen) atoms. The van der Waals surface area contributed by atoms with E-state index < -0.39 is 0 Å². The van der Waals surface area contributed by atoms with Gasteiger partial charge in [0.2, 0.25) is 11.8 Å². The minimum Gasteiger partial charge on any atom is -0.351 e. The van der Waals surface area contributed by atoms with E-state index in [4.69, 9.17) is 0 Å². The summed E-state index contributed by atoms with van der Waals surface area (Å²) in [5.41, 5.74) is 1.77. The van der Waals surface area contributed by atoms with Crippen LogP contribution < -0.4 is 10.2 Å². The fraction of sp³-hybridized carbons (Fsp3) is 0.286. The number of carbonyl (C=O) groups is 2.